The minimum absolute atomic E-state index is 0.00600. The van der Waals surface area contributed by atoms with Crippen molar-refractivity contribution in [2.45, 2.75) is 104 Å². The first kappa shape index (κ1) is 22.8. The van der Waals surface area contributed by atoms with Crippen LogP contribution in [-0.2, 0) is 23.9 Å². The van der Waals surface area contributed by atoms with E-state index in [1.807, 2.05) is 0 Å². The maximum absolute atomic E-state index is 12.5. The Balaban J connectivity index is 1.67. The van der Waals surface area contributed by atoms with E-state index < -0.39 is 5.60 Å². The Hall–Kier alpha value is -1.43. The molecule has 0 aliphatic heterocycles. The average molecular weight is 435 g/mol. The van der Waals surface area contributed by atoms with Gasteiger partial charge in [0, 0.05) is 25.7 Å². The highest BCUT2D eigenvalue weighted by atomic mass is 16.5. The van der Waals surface area contributed by atoms with Crippen LogP contribution < -0.4 is 0 Å². The van der Waals surface area contributed by atoms with Gasteiger partial charge in [0.05, 0.1) is 5.60 Å². The van der Waals surface area contributed by atoms with E-state index in [2.05, 4.69) is 13.8 Å². The molecule has 9 atom stereocenters. The average Bonchev–Trinajstić information content (AvgIpc) is 2.95. The number of aliphatic hydroxyl groups is 1. The lowest BCUT2D eigenvalue weighted by Gasteiger charge is -2.65. The summed E-state index contributed by atoms with van der Waals surface area (Å²) in [5.41, 5.74) is -1.37. The van der Waals surface area contributed by atoms with Gasteiger partial charge >= 0.3 is 11.9 Å². The summed E-state index contributed by atoms with van der Waals surface area (Å²) < 4.78 is 11.3. The molecule has 0 aromatic carbocycles. The van der Waals surface area contributed by atoms with Crippen molar-refractivity contribution in [3.8, 4) is 0 Å². The molecule has 6 heteroatoms. The quantitative estimate of drug-likeness (QED) is 0.679. The third-order valence-electron chi connectivity index (χ3n) is 9.91. The van der Waals surface area contributed by atoms with Gasteiger partial charge in [0.25, 0.3) is 0 Å². The first-order valence-electron chi connectivity index (χ1n) is 12.0. The fourth-order valence-electron chi connectivity index (χ4n) is 8.49. The molecule has 4 fully saturated rings. The standard InChI is InChI=1S/C25H38O6/c1-14(26)20-13-21(31-16(3)28)22-19-7-6-17-12-18(30-15(2)27)8-9-24(17,5)25(19,29)11-10-23(20,22)4/h17-22,29H,6-13H2,1-5H3/t17-,18+,19+,20+,21-,22+,23-,24+,25+/m0/s1. The molecule has 0 amide bonds. The van der Waals surface area contributed by atoms with Gasteiger partial charge in [-0.1, -0.05) is 13.8 Å². The Bertz CT molecular complexity index is 778. The van der Waals surface area contributed by atoms with Crippen LogP contribution in [0.15, 0.2) is 0 Å². The van der Waals surface area contributed by atoms with Gasteiger partial charge < -0.3 is 14.6 Å². The van der Waals surface area contributed by atoms with Crippen LogP contribution in [0.1, 0.15) is 86.0 Å². The van der Waals surface area contributed by atoms with E-state index in [1.54, 1.807) is 6.92 Å². The molecular weight excluding hydrogens is 396 g/mol. The van der Waals surface area contributed by atoms with Gasteiger partial charge in [-0.25, -0.2) is 0 Å². The van der Waals surface area contributed by atoms with Gasteiger partial charge in [-0.05, 0) is 81.0 Å². The molecule has 0 heterocycles. The molecule has 1 N–H and O–H groups in total. The maximum atomic E-state index is 12.5. The molecule has 0 spiro atoms. The Kier molecular flexibility index (Phi) is 5.55. The highest BCUT2D eigenvalue weighted by Crippen LogP contribution is 2.69. The van der Waals surface area contributed by atoms with E-state index in [9.17, 15) is 19.5 Å². The van der Waals surface area contributed by atoms with Crippen LogP contribution in [0.2, 0.25) is 0 Å². The Labute approximate surface area is 185 Å². The summed E-state index contributed by atoms with van der Waals surface area (Å²) in [5, 5.41) is 12.3. The molecule has 4 rings (SSSR count). The summed E-state index contributed by atoms with van der Waals surface area (Å²) in [4.78, 5) is 35.9. The van der Waals surface area contributed by atoms with Gasteiger partial charge in [0.15, 0.2) is 0 Å². The smallest absolute Gasteiger partial charge is 0.302 e. The van der Waals surface area contributed by atoms with Crippen molar-refractivity contribution in [1.29, 1.82) is 0 Å². The van der Waals surface area contributed by atoms with Gasteiger partial charge in [0.2, 0.25) is 0 Å². The molecule has 31 heavy (non-hydrogen) atoms. The minimum Gasteiger partial charge on any atom is -0.463 e. The van der Waals surface area contributed by atoms with Crippen LogP contribution in [-0.4, -0.2) is 40.6 Å². The summed E-state index contributed by atoms with van der Waals surface area (Å²) >= 11 is 0. The molecule has 0 aromatic heterocycles. The summed E-state index contributed by atoms with van der Waals surface area (Å²) in [6, 6.07) is 0. The molecule has 0 aromatic rings. The van der Waals surface area contributed by atoms with Crippen LogP contribution in [0, 0.1) is 34.5 Å². The molecule has 0 radical (unpaired) electrons. The van der Waals surface area contributed by atoms with Gasteiger partial charge in [-0.2, -0.15) is 0 Å². The van der Waals surface area contributed by atoms with Crippen LogP contribution in [0.5, 0.6) is 0 Å². The highest BCUT2D eigenvalue weighted by Gasteiger charge is 2.70. The predicted octanol–water partition coefficient (Wildman–Crippen LogP) is 3.82. The van der Waals surface area contributed by atoms with Gasteiger partial charge in [0.1, 0.15) is 18.0 Å². The maximum Gasteiger partial charge on any atom is 0.302 e. The molecule has 174 valence electrons. The largest absolute Gasteiger partial charge is 0.463 e. The van der Waals surface area contributed by atoms with Gasteiger partial charge in [-0.3, -0.25) is 14.4 Å². The second-order valence-electron chi connectivity index (χ2n) is 11.3. The van der Waals surface area contributed by atoms with Crippen molar-refractivity contribution in [1.82, 2.24) is 0 Å². The number of ether oxygens (including phenoxy) is 2. The first-order valence-corrected chi connectivity index (χ1v) is 12.0. The minimum atomic E-state index is -0.856. The summed E-state index contributed by atoms with van der Waals surface area (Å²) in [5.74, 6) is -0.216. The summed E-state index contributed by atoms with van der Waals surface area (Å²) in [7, 11) is 0. The molecule has 4 saturated carbocycles. The number of esters is 2. The number of fused-ring (bicyclic) bond motifs is 5. The molecule has 4 aliphatic rings. The van der Waals surface area contributed by atoms with Crippen molar-refractivity contribution in [2.24, 2.45) is 34.5 Å². The number of ketones is 1. The van der Waals surface area contributed by atoms with Crippen molar-refractivity contribution >= 4 is 17.7 Å². The van der Waals surface area contributed by atoms with E-state index >= 15 is 0 Å². The van der Waals surface area contributed by atoms with Crippen LogP contribution in [0.3, 0.4) is 0 Å². The van der Waals surface area contributed by atoms with Crippen LogP contribution >= 0.6 is 0 Å². The normalized spacial score (nSPS) is 48.7. The Morgan fingerprint density at radius 1 is 0.871 bits per heavy atom. The number of carbonyl (C=O) groups is 3. The predicted molar refractivity (Wildman–Crippen MR) is 114 cm³/mol. The Morgan fingerprint density at radius 2 is 1.55 bits per heavy atom. The SMILES string of the molecule is CC(=O)O[C@@H]1CC[C@]2(C)[C@@H](CC[C@@H]3[C@@H]4[C@@H](OC(C)=O)C[C@H](C(C)=O)[C@]4(C)CC[C@@]32O)C1. The number of Topliss-reactive ketones (excluding diaryl/α,β-unsaturated/α-hetero) is 1. The third-order valence-corrected chi connectivity index (χ3v) is 9.91. The number of hydrogen-bond acceptors (Lipinski definition) is 6. The number of carbonyl (C=O) groups excluding carboxylic acids is 3. The molecule has 0 bridgehead atoms. The van der Waals surface area contributed by atoms with Crippen molar-refractivity contribution in [3.63, 3.8) is 0 Å². The molecular formula is C25H38O6. The zero-order chi connectivity index (χ0) is 22.8. The molecule has 4 aliphatic carbocycles. The molecule has 0 saturated heterocycles. The van der Waals surface area contributed by atoms with Crippen LogP contribution in [0.4, 0.5) is 0 Å². The van der Waals surface area contributed by atoms with Crippen molar-refractivity contribution in [2.75, 3.05) is 0 Å². The second-order valence-corrected chi connectivity index (χ2v) is 11.3. The Morgan fingerprint density at radius 3 is 2.16 bits per heavy atom. The third kappa shape index (κ3) is 3.35. The van der Waals surface area contributed by atoms with E-state index in [0.717, 1.165) is 38.5 Å². The zero-order valence-electron chi connectivity index (χ0n) is 19.6. The lowest BCUT2D eigenvalue weighted by molar-refractivity contribution is -0.249. The first-order chi connectivity index (χ1) is 14.4. The van der Waals surface area contributed by atoms with E-state index in [4.69, 9.17) is 9.47 Å². The fourth-order valence-corrected chi connectivity index (χ4v) is 8.49. The summed E-state index contributed by atoms with van der Waals surface area (Å²) in [6.45, 7) is 8.94. The van der Waals surface area contributed by atoms with Gasteiger partial charge in [-0.15, -0.1) is 0 Å². The highest BCUT2D eigenvalue weighted by molar-refractivity contribution is 5.80. The van der Waals surface area contributed by atoms with Crippen LogP contribution in [0.25, 0.3) is 0 Å². The lowest BCUT2D eigenvalue weighted by Crippen LogP contribution is -2.66. The number of hydrogen-bond donors (Lipinski definition) is 1. The summed E-state index contributed by atoms with van der Waals surface area (Å²) in [6.07, 6.45) is 5.84. The topological polar surface area (TPSA) is 89.9 Å². The van der Waals surface area contributed by atoms with Crippen molar-refractivity contribution < 1.29 is 29.0 Å². The van der Waals surface area contributed by atoms with E-state index in [1.165, 1.54) is 13.8 Å². The van der Waals surface area contributed by atoms with E-state index in [0.29, 0.717) is 18.8 Å². The van der Waals surface area contributed by atoms with E-state index in [-0.39, 0.29) is 58.5 Å². The molecule has 6 nitrogen and oxygen atoms in total. The zero-order valence-corrected chi connectivity index (χ0v) is 19.6. The fraction of sp³-hybridized carbons (Fsp3) is 0.880. The second kappa shape index (κ2) is 7.57. The molecule has 0 unspecified atom stereocenters. The number of rotatable bonds is 3. The monoisotopic (exact) mass is 434 g/mol. The van der Waals surface area contributed by atoms with Crippen molar-refractivity contribution in [3.05, 3.63) is 0 Å². The lowest BCUT2D eigenvalue weighted by atomic mass is 9.42.